The number of amides is 1. The second kappa shape index (κ2) is 5.64. The summed E-state index contributed by atoms with van der Waals surface area (Å²) >= 11 is 0. The fourth-order valence-electron chi connectivity index (χ4n) is 2.33. The molecule has 0 radical (unpaired) electrons. The maximum Gasteiger partial charge on any atom is 0.223 e. The first kappa shape index (κ1) is 17.4. The van der Waals surface area contributed by atoms with Gasteiger partial charge in [0, 0.05) is 25.6 Å². The molecule has 0 bridgehead atoms. The van der Waals surface area contributed by atoms with Crippen molar-refractivity contribution in [3.63, 3.8) is 0 Å². The van der Waals surface area contributed by atoms with E-state index in [-0.39, 0.29) is 22.8 Å². The third-order valence-corrected chi connectivity index (χ3v) is 4.56. The van der Waals surface area contributed by atoms with Crippen molar-refractivity contribution in [3.05, 3.63) is 0 Å². The van der Waals surface area contributed by atoms with Crippen LogP contribution in [0.4, 0.5) is 0 Å². The lowest BCUT2D eigenvalue weighted by atomic mass is 9.81. The van der Waals surface area contributed by atoms with Crippen molar-refractivity contribution in [1.29, 1.82) is 0 Å². The van der Waals surface area contributed by atoms with E-state index in [1.807, 2.05) is 20.8 Å². The van der Waals surface area contributed by atoms with E-state index in [9.17, 15) is 13.2 Å². The van der Waals surface area contributed by atoms with E-state index in [0.717, 1.165) is 12.7 Å². The molecule has 0 aromatic heterocycles. The molecule has 1 N–H and O–H groups in total. The van der Waals surface area contributed by atoms with Gasteiger partial charge in [-0.3, -0.25) is 4.79 Å². The van der Waals surface area contributed by atoms with Crippen LogP contribution in [0.25, 0.3) is 0 Å². The molecule has 5 nitrogen and oxygen atoms in total. The van der Waals surface area contributed by atoms with Gasteiger partial charge in [-0.15, -0.1) is 0 Å². The van der Waals surface area contributed by atoms with Crippen LogP contribution in [-0.4, -0.2) is 44.6 Å². The van der Waals surface area contributed by atoms with Crippen LogP contribution in [0.15, 0.2) is 0 Å². The summed E-state index contributed by atoms with van der Waals surface area (Å²) in [7, 11) is -3.29. The van der Waals surface area contributed by atoms with Crippen LogP contribution in [-0.2, 0) is 14.8 Å². The average Bonchev–Trinajstić information content (AvgIpc) is 2.16. The summed E-state index contributed by atoms with van der Waals surface area (Å²) in [5, 5.41) is 0. The fraction of sp³-hybridized carbons (Fsp3) is 0.929. The summed E-state index contributed by atoms with van der Waals surface area (Å²) in [5.41, 5.74) is -0.189. The van der Waals surface area contributed by atoms with Gasteiger partial charge >= 0.3 is 0 Å². The van der Waals surface area contributed by atoms with Crippen molar-refractivity contribution in [2.45, 2.75) is 53.5 Å². The summed E-state index contributed by atoms with van der Waals surface area (Å²) in [6, 6.07) is -0.275. The number of rotatable bonds is 4. The van der Waals surface area contributed by atoms with Gasteiger partial charge in [0.1, 0.15) is 0 Å². The lowest BCUT2D eigenvalue weighted by molar-refractivity contribution is -0.137. The van der Waals surface area contributed by atoms with Gasteiger partial charge in [-0.1, -0.05) is 34.6 Å². The number of carbonyl (C=O) groups excluding carboxylic acids is 1. The van der Waals surface area contributed by atoms with E-state index in [4.69, 9.17) is 0 Å². The number of carbonyl (C=O) groups is 1. The second-order valence-electron chi connectivity index (χ2n) is 7.74. The number of sulfonamides is 1. The van der Waals surface area contributed by atoms with Crippen LogP contribution in [0, 0.1) is 10.8 Å². The first-order valence-corrected chi connectivity index (χ1v) is 8.94. The number of nitrogens with one attached hydrogen (secondary N) is 1. The Hall–Kier alpha value is -0.620. The molecule has 1 aliphatic heterocycles. The van der Waals surface area contributed by atoms with Gasteiger partial charge in [-0.05, 0) is 17.3 Å². The number of nitrogens with zero attached hydrogens (tertiary/aromatic N) is 1. The van der Waals surface area contributed by atoms with Crippen molar-refractivity contribution < 1.29 is 13.2 Å². The lowest BCUT2D eigenvalue weighted by Crippen LogP contribution is -2.53. The normalized spacial score (nSPS) is 21.9. The molecule has 0 unspecified atom stereocenters. The predicted octanol–water partition coefficient (Wildman–Crippen LogP) is 1.60. The Morgan fingerprint density at radius 3 is 2.30 bits per heavy atom. The average molecular weight is 304 g/mol. The van der Waals surface area contributed by atoms with Crippen LogP contribution < -0.4 is 4.72 Å². The largest absolute Gasteiger partial charge is 0.341 e. The molecule has 1 heterocycles. The maximum absolute atomic E-state index is 12.2. The van der Waals surface area contributed by atoms with Gasteiger partial charge in [-0.2, -0.15) is 0 Å². The third kappa shape index (κ3) is 5.40. The summed E-state index contributed by atoms with van der Waals surface area (Å²) in [4.78, 5) is 14.0. The van der Waals surface area contributed by atoms with Crippen LogP contribution in [0.5, 0.6) is 0 Å². The molecule has 6 heteroatoms. The molecule has 0 aromatic carbocycles. The number of piperidine rings is 1. The van der Waals surface area contributed by atoms with Crippen LogP contribution in [0.1, 0.15) is 47.5 Å². The molecule has 0 spiro atoms. The number of likely N-dealkylation sites (tertiary alicyclic amines) is 1. The molecule has 20 heavy (non-hydrogen) atoms. The maximum atomic E-state index is 12.2. The van der Waals surface area contributed by atoms with E-state index < -0.39 is 10.0 Å². The molecule has 1 saturated heterocycles. The number of hydrogen-bond acceptors (Lipinski definition) is 3. The Labute approximate surface area is 123 Å². The SMILES string of the molecule is CC1(C)CCN(C[C@@H](NS(C)(=O)=O)C(C)(C)C)C(=O)C1. The van der Waals surface area contributed by atoms with Crippen molar-refractivity contribution in [2.75, 3.05) is 19.3 Å². The smallest absolute Gasteiger partial charge is 0.223 e. The molecule has 0 aromatic rings. The Kier molecular flexibility index (Phi) is 4.91. The zero-order valence-corrected chi connectivity index (χ0v) is 14.3. The molecule has 1 fully saturated rings. The lowest BCUT2D eigenvalue weighted by Gasteiger charge is -2.40. The predicted molar refractivity (Wildman–Crippen MR) is 80.8 cm³/mol. The van der Waals surface area contributed by atoms with Crippen molar-refractivity contribution in [3.8, 4) is 0 Å². The third-order valence-electron chi connectivity index (χ3n) is 3.85. The van der Waals surface area contributed by atoms with E-state index in [1.165, 1.54) is 0 Å². The highest BCUT2D eigenvalue weighted by Gasteiger charge is 2.35. The van der Waals surface area contributed by atoms with Gasteiger partial charge in [0.2, 0.25) is 15.9 Å². The number of hydrogen-bond donors (Lipinski definition) is 1. The summed E-state index contributed by atoms with van der Waals surface area (Å²) in [5.74, 6) is 0.116. The molecular formula is C14H28N2O3S. The quantitative estimate of drug-likeness (QED) is 0.858. The molecule has 118 valence electrons. The Balaban J connectivity index is 2.79. The standard InChI is InChI=1S/C14H28N2O3S/c1-13(2,3)11(15-20(6,18)19)10-16-8-7-14(4,5)9-12(16)17/h11,15H,7-10H2,1-6H3/t11-/m1/s1. The summed E-state index contributed by atoms with van der Waals surface area (Å²) in [6.07, 6.45) is 2.64. The van der Waals surface area contributed by atoms with Crippen LogP contribution in [0.3, 0.4) is 0 Å². The summed E-state index contributed by atoms with van der Waals surface area (Å²) in [6.45, 7) is 11.3. The van der Waals surface area contributed by atoms with Gasteiger partial charge in [-0.25, -0.2) is 13.1 Å². The Morgan fingerprint density at radius 1 is 1.35 bits per heavy atom. The zero-order valence-electron chi connectivity index (χ0n) is 13.5. The minimum absolute atomic E-state index is 0.0507. The molecular weight excluding hydrogens is 276 g/mol. The summed E-state index contributed by atoms with van der Waals surface area (Å²) < 4.78 is 25.7. The van der Waals surface area contributed by atoms with E-state index >= 15 is 0 Å². The topological polar surface area (TPSA) is 66.5 Å². The molecule has 0 aliphatic carbocycles. The molecule has 1 aliphatic rings. The van der Waals surface area contributed by atoms with E-state index in [0.29, 0.717) is 19.5 Å². The fourth-order valence-corrected chi connectivity index (χ4v) is 3.28. The molecule has 1 amide bonds. The minimum Gasteiger partial charge on any atom is -0.341 e. The first-order valence-electron chi connectivity index (χ1n) is 7.05. The van der Waals surface area contributed by atoms with Gasteiger partial charge in [0.05, 0.1) is 6.26 Å². The monoisotopic (exact) mass is 304 g/mol. The Bertz CT molecular complexity index is 463. The van der Waals surface area contributed by atoms with Gasteiger partial charge < -0.3 is 4.90 Å². The van der Waals surface area contributed by atoms with E-state index in [2.05, 4.69) is 18.6 Å². The second-order valence-corrected chi connectivity index (χ2v) is 9.52. The highest BCUT2D eigenvalue weighted by molar-refractivity contribution is 7.88. The highest BCUT2D eigenvalue weighted by atomic mass is 32.2. The van der Waals surface area contributed by atoms with Crippen molar-refractivity contribution in [2.24, 2.45) is 10.8 Å². The van der Waals surface area contributed by atoms with Crippen molar-refractivity contribution >= 4 is 15.9 Å². The highest BCUT2D eigenvalue weighted by Crippen LogP contribution is 2.31. The molecule has 1 rings (SSSR count). The minimum atomic E-state index is -3.29. The van der Waals surface area contributed by atoms with Gasteiger partial charge in [0.25, 0.3) is 0 Å². The molecule has 0 saturated carbocycles. The van der Waals surface area contributed by atoms with Crippen molar-refractivity contribution in [1.82, 2.24) is 9.62 Å². The molecule has 1 atom stereocenters. The Morgan fingerprint density at radius 2 is 1.90 bits per heavy atom. The van der Waals surface area contributed by atoms with E-state index in [1.54, 1.807) is 4.90 Å². The first-order chi connectivity index (χ1) is 8.80. The van der Waals surface area contributed by atoms with Gasteiger partial charge in [0.15, 0.2) is 0 Å². The van der Waals surface area contributed by atoms with Crippen LogP contribution >= 0.6 is 0 Å². The zero-order chi connectivity index (χ0) is 15.8. The van der Waals surface area contributed by atoms with Crippen LogP contribution in [0.2, 0.25) is 0 Å².